The molecule has 3 aromatic rings. The van der Waals surface area contributed by atoms with Crippen LogP contribution in [0.5, 0.6) is 0 Å². The van der Waals surface area contributed by atoms with Crippen molar-refractivity contribution in [3.05, 3.63) is 70.7 Å². The monoisotopic (exact) mass is 327 g/mol. The van der Waals surface area contributed by atoms with E-state index in [1.165, 1.54) is 16.9 Å². The van der Waals surface area contributed by atoms with Gasteiger partial charge in [0.2, 0.25) is 0 Å². The molecule has 0 amide bonds. The molecule has 23 heavy (non-hydrogen) atoms. The van der Waals surface area contributed by atoms with Crippen LogP contribution >= 0.6 is 11.3 Å². The van der Waals surface area contributed by atoms with Crippen LogP contribution in [0.3, 0.4) is 0 Å². The molecule has 1 unspecified atom stereocenters. The zero-order valence-corrected chi connectivity index (χ0v) is 13.6. The minimum absolute atomic E-state index is 0.342. The van der Waals surface area contributed by atoms with Crippen molar-refractivity contribution in [2.45, 2.75) is 18.9 Å². The zero-order chi connectivity index (χ0) is 16.1. The van der Waals surface area contributed by atoms with Crippen molar-refractivity contribution in [2.75, 3.05) is 0 Å². The standard InChI is InChI=1S/C17H17N3O2S/c1-20-10-9-18-16(20)15(8-7-13-5-3-2-4-6-13)22-17(21)14-11-23-12-19-14/h2-6,9-12,15H,7-8H2,1H3. The lowest BCUT2D eigenvalue weighted by Crippen LogP contribution is -2.16. The Labute approximate surface area is 138 Å². The highest BCUT2D eigenvalue weighted by Gasteiger charge is 2.22. The van der Waals surface area contributed by atoms with Crippen molar-refractivity contribution in [2.24, 2.45) is 7.05 Å². The van der Waals surface area contributed by atoms with Crippen molar-refractivity contribution in [1.82, 2.24) is 14.5 Å². The maximum absolute atomic E-state index is 12.2. The normalized spacial score (nSPS) is 12.0. The Bertz CT molecular complexity index is 753. The smallest absolute Gasteiger partial charge is 0.358 e. The molecular formula is C17H17N3O2S. The van der Waals surface area contributed by atoms with E-state index in [0.717, 1.165) is 12.2 Å². The minimum Gasteiger partial charge on any atom is -0.449 e. The summed E-state index contributed by atoms with van der Waals surface area (Å²) >= 11 is 1.37. The van der Waals surface area contributed by atoms with E-state index in [2.05, 4.69) is 22.1 Å². The summed E-state index contributed by atoms with van der Waals surface area (Å²) in [6.45, 7) is 0. The third-order valence-electron chi connectivity index (χ3n) is 3.58. The van der Waals surface area contributed by atoms with Crippen LogP contribution in [-0.2, 0) is 18.2 Å². The lowest BCUT2D eigenvalue weighted by Gasteiger charge is -2.17. The van der Waals surface area contributed by atoms with Crippen LogP contribution in [-0.4, -0.2) is 20.5 Å². The molecule has 118 valence electrons. The van der Waals surface area contributed by atoms with Crippen LogP contribution in [0, 0.1) is 0 Å². The van der Waals surface area contributed by atoms with E-state index >= 15 is 0 Å². The van der Waals surface area contributed by atoms with Gasteiger partial charge in [-0.05, 0) is 18.4 Å². The number of carbonyl (C=O) groups is 1. The summed E-state index contributed by atoms with van der Waals surface area (Å²) in [7, 11) is 1.90. The number of hydrogen-bond acceptors (Lipinski definition) is 5. The Morgan fingerprint density at radius 3 is 2.78 bits per heavy atom. The molecule has 0 bridgehead atoms. The Kier molecular flexibility index (Phi) is 4.83. The maximum Gasteiger partial charge on any atom is 0.358 e. The number of rotatable bonds is 6. The summed E-state index contributed by atoms with van der Waals surface area (Å²) in [5.74, 6) is 0.330. The fraction of sp³-hybridized carbons (Fsp3) is 0.235. The number of imidazole rings is 1. The largest absolute Gasteiger partial charge is 0.449 e. The van der Waals surface area contributed by atoms with Gasteiger partial charge in [-0.2, -0.15) is 0 Å². The molecule has 0 aliphatic heterocycles. The van der Waals surface area contributed by atoms with Crippen LogP contribution < -0.4 is 0 Å². The van der Waals surface area contributed by atoms with Gasteiger partial charge in [0.05, 0.1) is 5.51 Å². The third kappa shape index (κ3) is 3.84. The molecule has 0 saturated heterocycles. The number of carbonyl (C=O) groups excluding carboxylic acids is 1. The number of aryl methyl sites for hydroxylation is 2. The fourth-order valence-corrected chi connectivity index (χ4v) is 2.89. The van der Waals surface area contributed by atoms with Crippen LogP contribution in [0.1, 0.15) is 34.4 Å². The SMILES string of the molecule is Cn1ccnc1C(CCc1ccccc1)OC(=O)c1cscn1. The summed E-state index contributed by atoms with van der Waals surface area (Å²) in [4.78, 5) is 20.6. The highest BCUT2D eigenvalue weighted by Crippen LogP contribution is 2.23. The highest BCUT2D eigenvalue weighted by molar-refractivity contribution is 7.07. The second-order valence-electron chi connectivity index (χ2n) is 5.19. The van der Waals surface area contributed by atoms with Crippen molar-refractivity contribution >= 4 is 17.3 Å². The van der Waals surface area contributed by atoms with E-state index in [9.17, 15) is 4.79 Å². The molecule has 0 N–H and O–H groups in total. The fourth-order valence-electron chi connectivity index (χ4n) is 2.37. The molecule has 0 aliphatic carbocycles. The number of benzene rings is 1. The van der Waals surface area contributed by atoms with Crippen molar-refractivity contribution in [3.8, 4) is 0 Å². The van der Waals surface area contributed by atoms with Gasteiger partial charge >= 0.3 is 5.97 Å². The Morgan fingerprint density at radius 2 is 2.13 bits per heavy atom. The van der Waals surface area contributed by atoms with Crippen LogP contribution in [0.15, 0.2) is 53.6 Å². The van der Waals surface area contributed by atoms with E-state index in [-0.39, 0.29) is 0 Å². The van der Waals surface area contributed by atoms with Gasteiger partial charge in [-0.1, -0.05) is 30.3 Å². The van der Waals surface area contributed by atoms with Gasteiger partial charge in [-0.25, -0.2) is 14.8 Å². The van der Waals surface area contributed by atoms with E-state index in [1.54, 1.807) is 17.1 Å². The van der Waals surface area contributed by atoms with Crippen LogP contribution in [0.25, 0.3) is 0 Å². The minimum atomic E-state index is -0.410. The number of hydrogen-bond donors (Lipinski definition) is 0. The molecule has 1 atom stereocenters. The molecule has 3 rings (SSSR count). The topological polar surface area (TPSA) is 57.0 Å². The lowest BCUT2D eigenvalue weighted by atomic mass is 10.1. The quantitative estimate of drug-likeness (QED) is 0.651. The summed E-state index contributed by atoms with van der Waals surface area (Å²) in [5, 5.41) is 1.69. The first-order valence-electron chi connectivity index (χ1n) is 7.34. The third-order valence-corrected chi connectivity index (χ3v) is 4.16. The number of esters is 1. The second kappa shape index (κ2) is 7.19. The molecule has 1 aromatic carbocycles. The summed E-state index contributed by atoms with van der Waals surface area (Å²) in [6.07, 6.45) is 4.64. The van der Waals surface area contributed by atoms with Gasteiger partial charge in [0.25, 0.3) is 0 Å². The second-order valence-corrected chi connectivity index (χ2v) is 5.91. The van der Waals surface area contributed by atoms with Gasteiger partial charge in [0, 0.05) is 24.8 Å². The van der Waals surface area contributed by atoms with E-state index in [1.807, 2.05) is 36.0 Å². The molecule has 2 heterocycles. The lowest BCUT2D eigenvalue weighted by molar-refractivity contribution is 0.0243. The van der Waals surface area contributed by atoms with Crippen molar-refractivity contribution in [1.29, 1.82) is 0 Å². The Balaban J connectivity index is 1.74. The van der Waals surface area contributed by atoms with Gasteiger partial charge < -0.3 is 9.30 Å². The van der Waals surface area contributed by atoms with Gasteiger partial charge in [0.15, 0.2) is 11.8 Å². The average molecular weight is 327 g/mol. The molecule has 0 saturated carbocycles. The van der Waals surface area contributed by atoms with Gasteiger partial charge in [0.1, 0.15) is 5.82 Å². The Morgan fingerprint density at radius 1 is 1.30 bits per heavy atom. The number of ether oxygens (including phenoxy) is 1. The number of thiazole rings is 1. The predicted octanol–water partition coefficient (Wildman–Crippen LogP) is 3.41. The summed E-state index contributed by atoms with van der Waals surface area (Å²) in [6, 6.07) is 10.1. The molecule has 0 fully saturated rings. The first kappa shape index (κ1) is 15.4. The molecule has 0 aliphatic rings. The molecule has 6 heteroatoms. The van der Waals surface area contributed by atoms with Crippen LogP contribution in [0.4, 0.5) is 0 Å². The van der Waals surface area contributed by atoms with Crippen molar-refractivity contribution < 1.29 is 9.53 Å². The summed E-state index contributed by atoms with van der Waals surface area (Å²) < 4.78 is 7.54. The van der Waals surface area contributed by atoms with E-state index < -0.39 is 12.1 Å². The zero-order valence-electron chi connectivity index (χ0n) is 12.8. The number of nitrogens with zero attached hydrogens (tertiary/aromatic N) is 3. The molecule has 0 radical (unpaired) electrons. The highest BCUT2D eigenvalue weighted by atomic mass is 32.1. The molecular weight excluding hydrogens is 310 g/mol. The average Bonchev–Trinajstić information content (AvgIpc) is 3.24. The number of aromatic nitrogens is 3. The van der Waals surface area contributed by atoms with Crippen LogP contribution in [0.2, 0.25) is 0 Å². The van der Waals surface area contributed by atoms with Crippen molar-refractivity contribution in [3.63, 3.8) is 0 Å². The summed E-state index contributed by atoms with van der Waals surface area (Å²) in [5.41, 5.74) is 3.17. The Hall–Kier alpha value is -2.47. The molecule has 0 spiro atoms. The van der Waals surface area contributed by atoms with Gasteiger partial charge in [-0.15, -0.1) is 11.3 Å². The predicted molar refractivity (Wildman–Crippen MR) is 88.2 cm³/mol. The van der Waals surface area contributed by atoms with E-state index in [4.69, 9.17) is 4.74 Å². The molecule has 5 nitrogen and oxygen atoms in total. The first-order valence-corrected chi connectivity index (χ1v) is 8.28. The maximum atomic E-state index is 12.2. The first-order chi connectivity index (χ1) is 11.2. The van der Waals surface area contributed by atoms with E-state index in [0.29, 0.717) is 12.1 Å². The molecule has 2 aromatic heterocycles. The van der Waals surface area contributed by atoms with Gasteiger partial charge in [-0.3, -0.25) is 0 Å².